The molecule has 5 rings (SSSR count). The minimum Gasteiger partial charge on any atom is -0.482 e. The first-order chi connectivity index (χ1) is 18.8. The maximum Gasteiger partial charge on any atom is 0.416 e. The van der Waals surface area contributed by atoms with Crippen LogP contribution in [-0.4, -0.2) is 31.5 Å². The summed E-state index contributed by atoms with van der Waals surface area (Å²) in [6.07, 6.45) is -6.35. The average Bonchev–Trinajstić information content (AvgIpc) is 3.73. The fourth-order valence-corrected chi connectivity index (χ4v) is 5.77. The molecule has 2 aromatic carbocycles. The molecule has 1 saturated heterocycles. The van der Waals surface area contributed by atoms with Gasteiger partial charge in [-0.2, -0.15) is 26.3 Å². The van der Waals surface area contributed by atoms with Crippen molar-refractivity contribution >= 4 is 17.5 Å². The second-order valence-corrected chi connectivity index (χ2v) is 10.8. The molecule has 0 bridgehead atoms. The zero-order chi connectivity index (χ0) is 28.7. The molecule has 0 radical (unpaired) electrons. The van der Waals surface area contributed by atoms with Gasteiger partial charge in [0.15, 0.2) is 6.61 Å². The summed E-state index contributed by atoms with van der Waals surface area (Å²) in [6, 6.07) is 6.76. The lowest BCUT2D eigenvalue weighted by Crippen LogP contribution is -2.51. The highest BCUT2D eigenvalue weighted by Crippen LogP contribution is 2.51. The first-order valence-electron chi connectivity index (χ1n) is 13.2. The number of rotatable bonds is 7. The average molecular weight is 570 g/mol. The molecule has 0 aromatic heterocycles. The smallest absolute Gasteiger partial charge is 0.416 e. The van der Waals surface area contributed by atoms with Crippen molar-refractivity contribution in [2.45, 2.75) is 56.9 Å². The van der Waals surface area contributed by atoms with Crippen molar-refractivity contribution in [3.63, 3.8) is 0 Å². The van der Waals surface area contributed by atoms with Crippen molar-refractivity contribution in [1.29, 1.82) is 0 Å². The number of nitrogens with one attached hydrogen (secondary N) is 3. The molecule has 40 heavy (non-hydrogen) atoms. The van der Waals surface area contributed by atoms with Crippen LogP contribution in [-0.2, 0) is 28.5 Å². The number of hydrogen-bond acceptors (Lipinski definition) is 4. The number of halogens is 6. The topological polar surface area (TPSA) is 79.5 Å². The zero-order valence-corrected chi connectivity index (χ0v) is 21.5. The van der Waals surface area contributed by atoms with E-state index in [9.17, 15) is 35.9 Å². The summed E-state index contributed by atoms with van der Waals surface area (Å²) in [5.74, 6) is -0.0641. The van der Waals surface area contributed by atoms with Crippen LogP contribution in [0.2, 0.25) is 0 Å². The van der Waals surface area contributed by atoms with Gasteiger partial charge in [0.1, 0.15) is 5.75 Å². The Bertz CT molecular complexity index is 1250. The van der Waals surface area contributed by atoms with E-state index in [0.717, 1.165) is 18.4 Å². The molecule has 12 heteroatoms. The second kappa shape index (κ2) is 10.6. The molecule has 216 valence electrons. The van der Waals surface area contributed by atoms with E-state index < -0.39 is 41.3 Å². The van der Waals surface area contributed by atoms with E-state index in [1.807, 2.05) is 6.07 Å². The van der Waals surface area contributed by atoms with Gasteiger partial charge in [0, 0.05) is 6.54 Å². The number of alkyl halides is 6. The van der Waals surface area contributed by atoms with Crippen LogP contribution in [0.1, 0.15) is 60.3 Å². The van der Waals surface area contributed by atoms with Gasteiger partial charge in [-0.25, -0.2) is 0 Å². The van der Waals surface area contributed by atoms with Crippen LogP contribution in [0.5, 0.6) is 5.75 Å². The van der Waals surface area contributed by atoms with Gasteiger partial charge in [-0.1, -0.05) is 18.9 Å². The number of carbonyl (C=O) groups is 2. The number of hydrogen-bond donors (Lipinski definition) is 3. The fraction of sp³-hybridized carbons (Fsp3) is 0.500. The lowest BCUT2D eigenvalue weighted by Gasteiger charge is -2.43. The van der Waals surface area contributed by atoms with E-state index in [1.165, 1.54) is 0 Å². The highest BCUT2D eigenvalue weighted by atomic mass is 19.4. The molecule has 2 fully saturated rings. The Kier molecular flexibility index (Phi) is 7.49. The first kappa shape index (κ1) is 28.3. The zero-order valence-electron chi connectivity index (χ0n) is 21.5. The van der Waals surface area contributed by atoms with Crippen LogP contribution in [0.15, 0.2) is 36.4 Å². The summed E-state index contributed by atoms with van der Waals surface area (Å²) in [5, 5.41) is 8.71. The molecule has 2 amide bonds. The monoisotopic (exact) mass is 569 g/mol. The molecule has 2 heterocycles. The predicted molar refractivity (Wildman–Crippen MR) is 133 cm³/mol. The van der Waals surface area contributed by atoms with Gasteiger partial charge in [0.2, 0.25) is 5.91 Å². The number of anilines is 1. The molecule has 1 aliphatic carbocycles. The highest BCUT2D eigenvalue weighted by Gasteiger charge is 2.48. The van der Waals surface area contributed by atoms with E-state index >= 15 is 0 Å². The van der Waals surface area contributed by atoms with Crippen molar-refractivity contribution < 1.29 is 40.7 Å². The summed E-state index contributed by atoms with van der Waals surface area (Å²) < 4.78 is 85.6. The van der Waals surface area contributed by atoms with Gasteiger partial charge in [-0.3, -0.25) is 9.59 Å². The van der Waals surface area contributed by atoms with Gasteiger partial charge in [-0.15, -0.1) is 0 Å². The standard InChI is InChI=1S/C28H29F6N3O3/c29-27(30,31)19-9-17(10-20(13-19)28(32,33)34)14-36-25(39)26(5-7-35-8-6-26)21(11-16-1-2-16)18-3-4-23-22(12-18)37-24(38)15-40-23/h3-4,9-10,12-13,16,21,35H,1-2,5-8,11,14-15H2,(H,36,39)(H,37,38). The molecular weight excluding hydrogens is 540 g/mol. The van der Waals surface area contributed by atoms with Crippen molar-refractivity contribution in [3.8, 4) is 5.75 Å². The molecule has 0 spiro atoms. The van der Waals surface area contributed by atoms with E-state index in [-0.39, 0.29) is 30.1 Å². The second-order valence-electron chi connectivity index (χ2n) is 10.8. The van der Waals surface area contributed by atoms with Crippen molar-refractivity contribution in [3.05, 3.63) is 58.7 Å². The normalized spacial score (nSPS) is 19.7. The minimum atomic E-state index is -4.97. The first-order valence-corrected chi connectivity index (χ1v) is 13.2. The number of piperidine rings is 1. The Morgan fingerprint density at radius 2 is 1.65 bits per heavy atom. The Labute approximate surface area is 226 Å². The van der Waals surface area contributed by atoms with Crippen LogP contribution in [0.4, 0.5) is 32.0 Å². The number of fused-ring (bicyclic) bond motifs is 1. The van der Waals surface area contributed by atoms with Crippen LogP contribution in [0, 0.1) is 11.3 Å². The lowest BCUT2D eigenvalue weighted by atomic mass is 9.64. The Morgan fingerprint density at radius 1 is 1.00 bits per heavy atom. The third kappa shape index (κ3) is 6.06. The Morgan fingerprint density at radius 3 is 2.25 bits per heavy atom. The van der Waals surface area contributed by atoms with Gasteiger partial charge in [-0.05, 0) is 85.6 Å². The summed E-state index contributed by atoms with van der Waals surface area (Å²) in [6.45, 7) is 0.481. The number of benzene rings is 2. The summed E-state index contributed by atoms with van der Waals surface area (Å²) >= 11 is 0. The molecule has 1 unspecified atom stereocenters. The molecule has 1 atom stereocenters. The SMILES string of the molecule is O=C1COc2ccc(C(CC3CC3)C3(C(=O)NCc4cc(C(F)(F)F)cc(C(F)(F)F)c4)CCNCC3)cc2N1. The van der Waals surface area contributed by atoms with E-state index in [1.54, 1.807) is 12.1 Å². The van der Waals surface area contributed by atoms with Crippen LogP contribution in [0.25, 0.3) is 0 Å². The van der Waals surface area contributed by atoms with E-state index in [4.69, 9.17) is 4.74 Å². The summed E-state index contributed by atoms with van der Waals surface area (Å²) in [4.78, 5) is 25.8. The van der Waals surface area contributed by atoms with Crippen molar-refractivity contribution in [1.82, 2.24) is 10.6 Å². The molecule has 3 N–H and O–H groups in total. The minimum absolute atomic E-state index is 0.0733. The maximum absolute atomic E-state index is 13.9. The van der Waals surface area contributed by atoms with Gasteiger partial charge < -0.3 is 20.7 Å². The lowest BCUT2D eigenvalue weighted by molar-refractivity contribution is -0.143. The number of amides is 2. The molecular formula is C28H29F6N3O3. The Hall–Kier alpha value is -3.28. The third-order valence-electron chi connectivity index (χ3n) is 8.02. The number of ether oxygens (including phenoxy) is 1. The molecule has 2 aromatic rings. The number of carbonyl (C=O) groups excluding carboxylic acids is 2. The Balaban J connectivity index is 1.46. The predicted octanol–water partition coefficient (Wildman–Crippen LogP) is 5.63. The van der Waals surface area contributed by atoms with Gasteiger partial charge >= 0.3 is 12.4 Å². The molecule has 3 aliphatic rings. The summed E-state index contributed by atoms with van der Waals surface area (Å²) in [5.41, 5.74) is -2.75. The van der Waals surface area contributed by atoms with Gasteiger partial charge in [0.05, 0.1) is 22.2 Å². The van der Waals surface area contributed by atoms with Gasteiger partial charge in [0.25, 0.3) is 5.91 Å². The van der Waals surface area contributed by atoms with Crippen LogP contribution in [0.3, 0.4) is 0 Å². The van der Waals surface area contributed by atoms with Crippen molar-refractivity contribution in [2.24, 2.45) is 11.3 Å². The molecule has 1 saturated carbocycles. The largest absolute Gasteiger partial charge is 0.482 e. The highest BCUT2D eigenvalue weighted by molar-refractivity contribution is 5.95. The van der Waals surface area contributed by atoms with Crippen molar-refractivity contribution in [2.75, 3.05) is 25.0 Å². The molecule has 2 aliphatic heterocycles. The third-order valence-corrected chi connectivity index (χ3v) is 8.02. The maximum atomic E-state index is 13.9. The summed E-state index contributed by atoms with van der Waals surface area (Å²) in [7, 11) is 0. The van der Waals surface area contributed by atoms with Crippen LogP contribution >= 0.6 is 0 Å². The van der Waals surface area contributed by atoms with Crippen LogP contribution < -0.4 is 20.7 Å². The molecule has 6 nitrogen and oxygen atoms in total. The quantitative estimate of drug-likeness (QED) is 0.378. The van der Waals surface area contributed by atoms with E-state index in [2.05, 4.69) is 16.0 Å². The fourth-order valence-electron chi connectivity index (χ4n) is 5.77. The van der Waals surface area contributed by atoms with E-state index in [0.29, 0.717) is 61.8 Å².